The number of hydrogen-bond acceptors (Lipinski definition) is 5. The predicted molar refractivity (Wildman–Crippen MR) is 97.7 cm³/mol. The Kier molecular flexibility index (Phi) is 5.33. The van der Waals surface area contributed by atoms with Gasteiger partial charge in [-0.15, -0.1) is 11.8 Å². The van der Waals surface area contributed by atoms with Crippen LogP contribution >= 0.6 is 11.8 Å². The van der Waals surface area contributed by atoms with Gasteiger partial charge in [0, 0.05) is 11.1 Å². The van der Waals surface area contributed by atoms with Gasteiger partial charge in [-0.05, 0) is 32.0 Å². The lowest BCUT2D eigenvalue weighted by Crippen LogP contribution is -2.20. The Morgan fingerprint density at radius 2 is 1.79 bits per heavy atom. The molecule has 1 heterocycles. The Bertz CT molecular complexity index is 821. The number of rotatable bonds is 6. The van der Waals surface area contributed by atoms with Crippen molar-refractivity contribution in [1.82, 2.24) is 9.97 Å². The van der Waals surface area contributed by atoms with Crippen LogP contribution in [0.3, 0.4) is 0 Å². The Hall–Kier alpha value is -2.11. The van der Waals surface area contributed by atoms with Crippen LogP contribution in [-0.2, 0) is 0 Å². The average molecular weight is 340 g/mol. The lowest BCUT2D eigenvalue weighted by atomic mass is 10.2. The Labute approximate surface area is 145 Å². The molecule has 3 aromatic rings. The molecule has 0 amide bonds. The summed E-state index contributed by atoms with van der Waals surface area (Å²) in [5.41, 5.74) is 2.11. The molecule has 2 aromatic carbocycles. The normalized spacial score (nSPS) is 12.3. The predicted octanol–water partition coefficient (Wildman–Crippen LogP) is 3.78. The zero-order valence-electron chi connectivity index (χ0n) is 13.8. The number of fused-ring (bicyclic) bond motifs is 1. The number of ether oxygens (including phenoxy) is 1. The van der Waals surface area contributed by atoms with E-state index >= 15 is 0 Å². The van der Waals surface area contributed by atoms with Gasteiger partial charge in [-0.25, -0.2) is 9.97 Å². The van der Waals surface area contributed by atoms with Gasteiger partial charge in [-0.2, -0.15) is 0 Å². The van der Waals surface area contributed by atoms with Crippen molar-refractivity contribution in [2.75, 3.05) is 12.4 Å². The maximum absolute atomic E-state index is 10.2. The molecule has 0 unspecified atom stereocenters. The van der Waals surface area contributed by atoms with E-state index in [4.69, 9.17) is 4.74 Å². The van der Waals surface area contributed by atoms with E-state index < -0.39 is 6.10 Å². The number of aromatic nitrogens is 2. The van der Waals surface area contributed by atoms with Crippen molar-refractivity contribution >= 4 is 22.7 Å². The minimum absolute atomic E-state index is 0.262. The van der Waals surface area contributed by atoms with Gasteiger partial charge in [-0.3, -0.25) is 0 Å². The van der Waals surface area contributed by atoms with E-state index in [1.165, 1.54) is 17.3 Å². The van der Waals surface area contributed by atoms with E-state index in [0.29, 0.717) is 5.75 Å². The second-order valence-electron chi connectivity index (χ2n) is 5.68. The fourth-order valence-corrected chi connectivity index (χ4v) is 3.29. The summed E-state index contributed by atoms with van der Waals surface area (Å²) >= 11 is 1.53. The van der Waals surface area contributed by atoms with Crippen molar-refractivity contribution in [1.29, 1.82) is 0 Å². The monoisotopic (exact) mass is 340 g/mol. The minimum Gasteiger partial charge on any atom is -0.491 e. The fourth-order valence-electron chi connectivity index (χ4n) is 2.32. The third-order valence-electron chi connectivity index (χ3n) is 3.56. The molecule has 1 aromatic heterocycles. The molecule has 124 valence electrons. The number of aliphatic hydroxyl groups excluding tert-OH is 1. The topological polar surface area (TPSA) is 55.2 Å². The van der Waals surface area contributed by atoms with Crippen molar-refractivity contribution in [3.63, 3.8) is 0 Å². The summed E-state index contributed by atoms with van der Waals surface area (Å²) in [5.74, 6) is 2.03. The van der Waals surface area contributed by atoms with Crippen molar-refractivity contribution in [2.24, 2.45) is 0 Å². The van der Waals surface area contributed by atoms with E-state index in [9.17, 15) is 5.11 Å². The van der Waals surface area contributed by atoms with Crippen LogP contribution in [0.25, 0.3) is 10.9 Å². The summed E-state index contributed by atoms with van der Waals surface area (Å²) in [5, 5.41) is 12.1. The lowest BCUT2D eigenvalue weighted by molar-refractivity contribution is 0.126. The van der Waals surface area contributed by atoms with E-state index in [2.05, 4.69) is 9.97 Å². The van der Waals surface area contributed by atoms with Crippen LogP contribution in [0, 0.1) is 13.8 Å². The number of hydrogen-bond donors (Lipinski definition) is 1. The molecule has 0 aliphatic carbocycles. The molecule has 0 fully saturated rings. The van der Waals surface area contributed by atoms with E-state index in [0.717, 1.165) is 27.5 Å². The smallest absolute Gasteiger partial charge is 0.127 e. The first kappa shape index (κ1) is 16.7. The van der Waals surface area contributed by atoms with Gasteiger partial charge in [0.15, 0.2) is 0 Å². The summed E-state index contributed by atoms with van der Waals surface area (Å²) < 4.78 is 5.63. The second-order valence-corrected chi connectivity index (χ2v) is 6.69. The first-order valence-electron chi connectivity index (χ1n) is 7.85. The minimum atomic E-state index is -0.565. The van der Waals surface area contributed by atoms with Crippen molar-refractivity contribution in [3.05, 3.63) is 59.9 Å². The SMILES string of the molecule is Cc1ccc(OC[C@H](O)CSc2nc(C)nc3ccccc23)cc1. The molecule has 4 nitrogen and oxygen atoms in total. The molecule has 0 radical (unpaired) electrons. The first-order chi connectivity index (χ1) is 11.6. The Balaban J connectivity index is 1.60. The molecule has 5 heteroatoms. The number of nitrogens with zero attached hydrogens (tertiary/aromatic N) is 2. The average Bonchev–Trinajstić information content (AvgIpc) is 2.59. The molecule has 0 aliphatic rings. The highest BCUT2D eigenvalue weighted by Crippen LogP contribution is 2.25. The highest BCUT2D eigenvalue weighted by Gasteiger charge is 2.10. The number of aliphatic hydroxyl groups is 1. The third-order valence-corrected chi connectivity index (χ3v) is 4.69. The molecule has 0 saturated heterocycles. The molecule has 0 spiro atoms. The summed E-state index contributed by atoms with van der Waals surface area (Å²) in [7, 11) is 0. The molecule has 1 atom stereocenters. The van der Waals surface area contributed by atoms with Crippen LogP contribution < -0.4 is 4.74 Å². The lowest BCUT2D eigenvalue weighted by Gasteiger charge is -2.13. The number of para-hydroxylation sites is 1. The highest BCUT2D eigenvalue weighted by molar-refractivity contribution is 7.99. The van der Waals surface area contributed by atoms with E-state index in [1.807, 2.05) is 62.4 Å². The van der Waals surface area contributed by atoms with Gasteiger partial charge < -0.3 is 9.84 Å². The highest BCUT2D eigenvalue weighted by atomic mass is 32.2. The third kappa shape index (κ3) is 4.24. The zero-order valence-corrected chi connectivity index (χ0v) is 14.6. The zero-order chi connectivity index (χ0) is 16.9. The van der Waals surface area contributed by atoms with Crippen LogP contribution in [0.1, 0.15) is 11.4 Å². The summed E-state index contributed by atoms with van der Waals surface area (Å²) in [4.78, 5) is 8.94. The standard InChI is InChI=1S/C19H20N2O2S/c1-13-7-9-16(10-8-13)23-11-15(22)12-24-19-17-5-3-4-6-18(17)20-14(2)21-19/h3-10,15,22H,11-12H2,1-2H3/t15-/m0/s1. The van der Waals surface area contributed by atoms with Gasteiger partial charge >= 0.3 is 0 Å². The molecule has 0 saturated carbocycles. The molecule has 1 N–H and O–H groups in total. The molecule has 24 heavy (non-hydrogen) atoms. The molecule has 3 rings (SSSR count). The van der Waals surface area contributed by atoms with Crippen LogP contribution in [0.4, 0.5) is 0 Å². The van der Waals surface area contributed by atoms with Gasteiger partial charge in [0.2, 0.25) is 0 Å². The van der Waals surface area contributed by atoms with Gasteiger partial charge in [0.1, 0.15) is 23.2 Å². The maximum atomic E-state index is 10.2. The van der Waals surface area contributed by atoms with Crippen LogP contribution in [0.5, 0.6) is 5.75 Å². The Morgan fingerprint density at radius 3 is 2.58 bits per heavy atom. The molecular weight excluding hydrogens is 320 g/mol. The van der Waals surface area contributed by atoms with Crippen LogP contribution in [0.2, 0.25) is 0 Å². The number of thioether (sulfide) groups is 1. The molecule has 0 aliphatic heterocycles. The van der Waals surface area contributed by atoms with Gasteiger partial charge in [0.25, 0.3) is 0 Å². The molecule has 0 bridgehead atoms. The maximum Gasteiger partial charge on any atom is 0.127 e. The number of benzene rings is 2. The summed E-state index contributed by atoms with van der Waals surface area (Å²) in [6.07, 6.45) is -0.565. The van der Waals surface area contributed by atoms with Gasteiger partial charge in [-0.1, -0.05) is 35.9 Å². The summed E-state index contributed by atoms with van der Waals surface area (Å²) in [6, 6.07) is 15.7. The Morgan fingerprint density at radius 1 is 1.04 bits per heavy atom. The van der Waals surface area contributed by atoms with E-state index in [-0.39, 0.29) is 6.61 Å². The van der Waals surface area contributed by atoms with Crippen molar-refractivity contribution in [2.45, 2.75) is 25.0 Å². The van der Waals surface area contributed by atoms with Crippen LogP contribution in [-0.4, -0.2) is 33.5 Å². The molecular formula is C19H20N2O2S. The van der Waals surface area contributed by atoms with Gasteiger partial charge in [0.05, 0.1) is 11.6 Å². The first-order valence-corrected chi connectivity index (χ1v) is 8.84. The van der Waals surface area contributed by atoms with Crippen molar-refractivity contribution < 1.29 is 9.84 Å². The second kappa shape index (κ2) is 7.64. The largest absolute Gasteiger partial charge is 0.491 e. The van der Waals surface area contributed by atoms with Crippen LogP contribution in [0.15, 0.2) is 53.6 Å². The van der Waals surface area contributed by atoms with Crippen molar-refractivity contribution in [3.8, 4) is 5.75 Å². The number of aryl methyl sites for hydroxylation is 2. The quantitative estimate of drug-likeness (QED) is 0.547. The fraction of sp³-hybridized carbons (Fsp3) is 0.263. The van der Waals surface area contributed by atoms with E-state index in [1.54, 1.807) is 0 Å². The summed E-state index contributed by atoms with van der Waals surface area (Å²) in [6.45, 7) is 4.18.